The van der Waals surface area contributed by atoms with Crippen LogP contribution in [0.3, 0.4) is 0 Å². The van der Waals surface area contributed by atoms with Crippen LogP contribution in [0.15, 0.2) is 48.8 Å². The quantitative estimate of drug-likeness (QED) is 0.641. The van der Waals surface area contributed by atoms with Crippen LogP contribution in [-0.4, -0.2) is 45.5 Å². The Morgan fingerprint density at radius 2 is 2.06 bits per heavy atom. The molecule has 1 fully saturated rings. The molecule has 1 aromatic heterocycles. The Kier molecular flexibility index (Phi) is 5.43. The number of nitrogens with zero attached hydrogens (tertiary/aromatic N) is 3. The molecule has 1 amide bonds. The third kappa shape index (κ3) is 3.46. The number of rotatable bonds is 6. The second kappa shape index (κ2) is 8.39. The number of ether oxygens (including phenoxy) is 1. The number of methoxy groups -OCH3 is 1. The van der Waals surface area contributed by atoms with E-state index in [1.807, 2.05) is 36.5 Å². The maximum absolute atomic E-state index is 15.4. The largest absolute Gasteiger partial charge is 0.493 e. The zero-order valence-corrected chi connectivity index (χ0v) is 18.0. The Morgan fingerprint density at radius 3 is 2.75 bits per heavy atom. The summed E-state index contributed by atoms with van der Waals surface area (Å²) in [5.74, 6) is -0.351. The zero-order valence-electron chi connectivity index (χ0n) is 18.0. The van der Waals surface area contributed by atoms with Crippen LogP contribution >= 0.6 is 0 Å². The van der Waals surface area contributed by atoms with E-state index in [-0.39, 0.29) is 36.8 Å². The van der Waals surface area contributed by atoms with Gasteiger partial charge in [-0.05, 0) is 42.7 Å². The highest BCUT2D eigenvalue weighted by Gasteiger charge is 2.41. The number of benzene rings is 2. The topological polar surface area (TPSA) is 67.6 Å². The predicted molar refractivity (Wildman–Crippen MR) is 117 cm³/mol. The first-order valence-electron chi connectivity index (χ1n) is 11.0. The lowest BCUT2D eigenvalue weighted by Gasteiger charge is -2.28. The minimum absolute atomic E-state index is 0.0383. The Morgan fingerprint density at radius 1 is 1.25 bits per heavy atom. The van der Waals surface area contributed by atoms with Gasteiger partial charge in [-0.3, -0.25) is 4.79 Å². The summed E-state index contributed by atoms with van der Waals surface area (Å²) in [5, 5.41) is 13.9. The summed E-state index contributed by atoms with van der Waals surface area (Å²) in [7, 11) is 1.46. The molecule has 6 nitrogen and oxygen atoms in total. The fourth-order valence-corrected chi connectivity index (χ4v) is 5.13. The van der Waals surface area contributed by atoms with Gasteiger partial charge in [-0.25, -0.2) is 9.07 Å². The van der Waals surface area contributed by atoms with Crippen molar-refractivity contribution < 1.29 is 19.0 Å². The Bertz CT molecular complexity index is 1130. The molecule has 1 N–H and O–H groups in total. The summed E-state index contributed by atoms with van der Waals surface area (Å²) >= 11 is 0. The molecule has 166 valence electrons. The molecular formula is C25H26FN3O3. The molecule has 32 heavy (non-hydrogen) atoms. The summed E-state index contributed by atoms with van der Waals surface area (Å²) in [4.78, 5) is 14.9. The van der Waals surface area contributed by atoms with Crippen molar-refractivity contribution in [3.05, 3.63) is 76.9 Å². The lowest BCUT2D eigenvalue weighted by molar-refractivity contribution is 0.0611. The van der Waals surface area contributed by atoms with Crippen molar-refractivity contribution in [1.82, 2.24) is 14.7 Å². The van der Waals surface area contributed by atoms with Crippen LogP contribution in [0, 0.1) is 11.7 Å². The van der Waals surface area contributed by atoms with Crippen LogP contribution < -0.4 is 4.74 Å². The molecule has 0 unspecified atom stereocenters. The van der Waals surface area contributed by atoms with Crippen molar-refractivity contribution in [1.29, 1.82) is 0 Å². The van der Waals surface area contributed by atoms with Gasteiger partial charge in [-0.1, -0.05) is 18.6 Å². The molecule has 2 heterocycles. The van der Waals surface area contributed by atoms with E-state index in [0.717, 1.165) is 30.5 Å². The molecule has 2 atom stereocenters. The number of fused-ring (bicyclic) bond motifs is 1. The Hall–Kier alpha value is -3.19. The molecule has 1 aliphatic carbocycles. The number of hydrogen-bond donors (Lipinski definition) is 1. The van der Waals surface area contributed by atoms with E-state index in [9.17, 15) is 9.90 Å². The lowest BCUT2D eigenvalue weighted by atomic mass is 9.98. The van der Waals surface area contributed by atoms with Gasteiger partial charge in [0.1, 0.15) is 0 Å². The minimum atomic E-state index is -0.456. The van der Waals surface area contributed by atoms with Crippen LogP contribution in [0.4, 0.5) is 4.39 Å². The molecule has 7 heteroatoms. The van der Waals surface area contributed by atoms with Gasteiger partial charge in [0.2, 0.25) is 0 Å². The van der Waals surface area contributed by atoms with Crippen molar-refractivity contribution in [2.75, 3.05) is 13.7 Å². The maximum atomic E-state index is 15.4. The molecule has 0 bridgehead atoms. The van der Waals surface area contributed by atoms with E-state index in [4.69, 9.17) is 4.74 Å². The molecule has 2 aliphatic rings. The summed E-state index contributed by atoms with van der Waals surface area (Å²) < 4.78 is 22.6. The number of aliphatic hydroxyl groups excluding tert-OH is 1. The standard InChI is InChI=1S/C25H26FN3O3/c1-32-24-18(12-16-6-8-19(9-7-16)29-11-3-10-27-29)13-20-21(23(24)26)14-28(25(20)31)22-5-2-4-17(22)15-30/h3,6-11,13,17,22,30H,2,4-5,12,14-15H2,1H3/t17-,22+/m1/s1. The fraction of sp³-hybridized carbons (Fsp3) is 0.360. The van der Waals surface area contributed by atoms with Crippen molar-refractivity contribution >= 4 is 5.91 Å². The molecule has 1 saturated carbocycles. The second-order valence-corrected chi connectivity index (χ2v) is 8.58. The third-order valence-electron chi connectivity index (χ3n) is 6.78. The molecule has 0 radical (unpaired) electrons. The van der Waals surface area contributed by atoms with Crippen molar-refractivity contribution in [2.24, 2.45) is 5.92 Å². The van der Waals surface area contributed by atoms with Crippen molar-refractivity contribution in [3.8, 4) is 11.4 Å². The molecule has 1 aliphatic heterocycles. The number of carbonyl (C=O) groups is 1. The number of aliphatic hydroxyl groups is 1. The van der Waals surface area contributed by atoms with E-state index >= 15 is 4.39 Å². The summed E-state index contributed by atoms with van der Waals surface area (Å²) in [6, 6.07) is 11.5. The second-order valence-electron chi connectivity index (χ2n) is 8.58. The van der Waals surface area contributed by atoms with Crippen LogP contribution in [0.1, 0.15) is 46.3 Å². The average molecular weight is 435 g/mol. The van der Waals surface area contributed by atoms with Gasteiger partial charge in [0.15, 0.2) is 11.6 Å². The smallest absolute Gasteiger partial charge is 0.254 e. The van der Waals surface area contributed by atoms with E-state index < -0.39 is 5.82 Å². The molecule has 0 saturated heterocycles. The minimum Gasteiger partial charge on any atom is -0.493 e. The van der Waals surface area contributed by atoms with Gasteiger partial charge >= 0.3 is 0 Å². The Balaban J connectivity index is 1.44. The highest BCUT2D eigenvalue weighted by molar-refractivity contribution is 5.99. The maximum Gasteiger partial charge on any atom is 0.254 e. The molecule has 5 rings (SSSR count). The monoisotopic (exact) mass is 435 g/mol. The van der Waals surface area contributed by atoms with Crippen molar-refractivity contribution in [3.63, 3.8) is 0 Å². The molecular weight excluding hydrogens is 409 g/mol. The first-order valence-corrected chi connectivity index (χ1v) is 11.0. The van der Waals surface area contributed by atoms with Crippen LogP contribution in [0.5, 0.6) is 5.75 Å². The fourth-order valence-electron chi connectivity index (χ4n) is 5.13. The SMILES string of the molecule is COc1c(Cc2ccc(-n3cccn3)cc2)cc2c(c1F)CN([C@H]1CCC[C@@H]1CO)C2=O. The molecule has 0 spiro atoms. The van der Waals surface area contributed by atoms with Gasteiger partial charge < -0.3 is 14.7 Å². The molecule has 2 aromatic carbocycles. The number of amides is 1. The lowest BCUT2D eigenvalue weighted by Crippen LogP contribution is -2.39. The average Bonchev–Trinajstić information content (AvgIpc) is 3.55. The normalized spacial score (nSPS) is 20.1. The van der Waals surface area contributed by atoms with Crippen LogP contribution in [0.25, 0.3) is 5.69 Å². The molecule has 3 aromatic rings. The highest BCUT2D eigenvalue weighted by Crippen LogP contribution is 2.39. The highest BCUT2D eigenvalue weighted by atomic mass is 19.1. The number of hydrogen-bond acceptors (Lipinski definition) is 4. The van der Waals surface area contributed by atoms with E-state index in [1.165, 1.54) is 7.11 Å². The van der Waals surface area contributed by atoms with Gasteiger partial charge in [-0.2, -0.15) is 5.10 Å². The van der Waals surface area contributed by atoms with Gasteiger partial charge in [0.25, 0.3) is 5.91 Å². The van der Waals surface area contributed by atoms with E-state index in [2.05, 4.69) is 5.10 Å². The third-order valence-corrected chi connectivity index (χ3v) is 6.78. The number of halogens is 1. The van der Waals surface area contributed by atoms with Crippen molar-refractivity contribution in [2.45, 2.75) is 38.3 Å². The zero-order chi connectivity index (χ0) is 22.2. The van der Waals surface area contributed by atoms with Crippen LogP contribution in [0.2, 0.25) is 0 Å². The number of carbonyl (C=O) groups excluding carboxylic acids is 1. The van der Waals surface area contributed by atoms with Gasteiger partial charge in [0, 0.05) is 54.1 Å². The predicted octanol–water partition coefficient (Wildman–Crippen LogP) is 3.73. The van der Waals surface area contributed by atoms with E-state index in [1.54, 1.807) is 21.8 Å². The van der Waals surface area contributed by atoms with E-state index in [0.29, 0.717) is 23.1 Å². The first kappa shape index (κ1) is 20.7. The van der Waals surface area contributed by atoms with Gasteiger partial charge in [0.05, 0.1) is 19.3 Å². The summed E-state index contributed by atoms with van der Waals surface area (Å²) in [6.45, 7) is 0.284. The van der Waals surface area contributed by atoms with Gasteiger partial charge in [-0.15, -0.1) is 0 Å². The number of aromatic nitrogens is 2. The summed E-state index contributed by atoms with van der Waals surface area (Å²) in [5.41, 5.74) is 3.38. The van der Waals surface area contributed by atoms with Crippen LogP contribution in [-0.2, 0) is 13.0 Å². The first-order chi connectivity index (χ1) is 15.6. The Labute approximate surface area is 186 Å². The summed E-state index contributed by atoms with van der Waals surface area (Å²) in [6.07, 6.45) is 6.76.